The van der Waals surface area contributed by atoms with Gasteiger partial charge in [0.2, 0.25) is 0 Å². The molecule has 0 amide bonds. The maximum Gasteiger partial charge on any atom is 0.0113 e. The second-order valence-corrected chi connectivity index (χ2v) is 7.93. The summed E-state index contributed by atoms with van der Waals surface area (Å²) in [5.74, 6) is 0. The molecule has 122 valence electrons. The monoisotopic (exact) mass is 293 g/mol. The summed E-state index contributed by atoms with van der Waals surface area (Å²) in [4.78, 5) is 5.44. The Kier molecular flexibility index (Phi) is 5.23. The summed E-state index contributed by atoms with van der Waals surface area (Å²) < 4.78 is 0. The predicted octanol–water partition coefficient (Wildman–Crippen LogP) is 2.71. The van der Waals surface area contributed by atoms with Gasteiger partial charge in [0, 0.05) is 51.4 Å². The van der Waals surface area contributed by atoms with E-state index in [1.165, 1.54) is 84.2 Å². The van der Waals surface area contributed by atoms with Gasteiger partial charge in [0.15, 0.2) is 0 Å². The van der Waals surface area contributed by atoms with Gasteiger partial charge in [-0.25, -0.2) is 0 Å². The van der Waals surface area contributed by atoms with E-state index >= 15 is 0 Å². The molecule has 0 aromatic rings. The van der Waals surface area contributed by atoms with Crippen molar-refractivity contribution in [3.05, 3.63) is 0 Å². The highest BCUT2D eigenvalue weighted by molar-refractivity contribution is 4.93. The van der Waals surface area contributed by atoms with E-state index in [1.54, 1.807) is 0 Å². The maximum atomic E-state index is 3.83. The molecule has 2 aliphatic carbocycles. The molecule has 2 saturated carbocycles. The lowest BCUT2D eigenvalue weighted by atomic mass is 9.85. The van der Waals surface area contributed by atoms with E-state index in [0.717, 1.165) is 12.1 Å². The summed E-state index contributed by atoms with van der Waals surface area (Å²) in [5.41, 5.74) is 0.598. The van der Waals surface area contributed by atoms with E-state index in [9.17, 15) is 0 Å². The van der Waals surface area contributed by atoms with Gasteiger partial charge in [0.05, 0.1) is 0 Å². The molecule has 0 bridgehead atoms. The number of hydrogen-bond donors (Lipinski definition) is 1. The van der Waals surface area contributed by atoms with Crippen LogP contribution >= 0.6 is 0 Å². The zero-order valence-corrected chi connectivity index (χ0v) is 14.2. The third-order valence-electron chi connectivity index (χ3n) is 6.19. The molecule has 1 saturated heterocycles. The number of piperazine rings is 1. The predicted molar refractivity (Wildman–Crippen MR) is 89.7 cm³/mol. The van der Waals surface area contributed by atoms with Gasteiger partial charge in [-0.2, -0.15) is 0 Å². The van der Waals surface area contributed by atoms with Crippen LogP contribution in [0.5, 0.6) is 0 Å². The summed E-state index contributed by atoms with van der Waals surface area (Å²) in [6.07, 6.45) is 9.96. The van der Waals surface area contributed by atoms with Gasteiger partial charge in [-0.15, -0.1) is 0 Å². The average molecular weight is 293 g/mol. The van der Waals surface area contributed by atoms with Crippen molar-refractivity contribution >= 4 is 0 Å². The smallest absolute Gasteiger partial charge is 0.0113 e. The van der Waals surface area contributed by atoms with Crippen molar-refractivity contribution in [1.29, 1.82) is 0 Å². The lowest BCUT2D eigenvalue weighted by molar-refractivity contribution is 0.0663. The van der Waals surface area contributed by atoms with E-state index in [1.807, 2.05) is 0 Å². The van der Waals surface area contributed by atoms with Crippen LogP contribution in [-0.4, -0.2) is 61.2 Å². The number of nitrogens with zero attached hydrogens (tertiary/aromatic N) is 2. The fraction of sp³-hybridized carbons (Fsp3) is 1.00. The lowest BCUT2D eigenvalue weighted by Gasteiger charge is -2.42. The first-order chi connectivity index (χ1) is 10.2. The van der Waals surface area contributed by atoms with E-state index in [-0.39, 0.29) is 0 Å². The molecule has 1 unspecified atom stereocenters. The van der Waals surface area contributed by atoms with Crippen LogP contribution in [0, 0.1) is 5.41 Å². The zero-order valence-electron chi connectivity index (χ0n) is 14.2. The Morgan fingerprint density at radius 2 is 1.76 bits per heavy atom. The minimum absolute atomic E-state index is 0.598. The molecule has 3 heteroatoms. The van der Waals surface area contributed by atoms with E-state index < -0.39 is 0 Å². The van der Waals surface area contributed by atoms with Gasteiger partial charge < -0.3 is 10.2 Å². The van der Waals surface area contributed by atoms with Crippen LogP contribution in [-0.2, 0) is 0 Å². The van der Waals surface area contributed by atoms with Crippen molar-refractivity contribution in [3.63, 3.8) is 0 Å². The van der Waals surface area contributed by atoms with Gasteiger partial charge in [-0.1, -0.05) is 19.8 Å². The molecule has 1 atom stereocenters. The highest BCUT2D eigenvalue weighted by Crippen LogP contribution is 2.39. The summed E-state index contributed by atoms with van der Waals surface area (Å²) in [6, 6.07) is 1.63. The SMILES string of the molecule is CCC(C)N1CCN(CC2(CNC3CC3)CCCC2)CC1. The third-order valence-corrected chi connectivity index (χ3v) is 6.19. The van der Waals surface area contributed by atoms with Gasteiger partial charge in [0.1, 0.15) is 0 Å². The van der Waals surface area contributed by atoms with Gasteiger partial charge >= 0.3 is 0 Å². The van der Waals surface area contributed by atoms with Crippen LogP contribution in [0.1, 0.15) is 58.8 Å². The molecule has 0 radical (unpaired) electrons. The normalized spacial score (nSPS) is 28.9. The molecule has 1 aliphatic heterocycles. The summed E-state index contributed by atoms with van der Waals surface area (Å²) in [5, 5.41) is 3.83. The number of nitrogens with one attached hydrogen (secondary N) is 1. The van der Waals surface area contributed by atoms with Crippen LogP contribution in [0.3, 0.4) is 0 Å². The number of hydrogen-bond acceptors (Lipinski definition) is 3. The van der Waals surface area contributed by atoms with Crippen molar-refractivity contribution < 1.29 is 0 Å². The quantitative estimate of drug-likeness (QED) is 0.778. The van der Waals surface area contributed by atoms with Crippen LogP contribution in [0.25, 0.3) is 0 Å². The third kappa shape index (κ3) is 4.20. The van der Waals surface area contributed by atoms with Crippen LogP contribution < -0.4 is 5.32 Å². The van der Waals surface area contributed by atoms with Crippen molar-refractivity contribution in [1.82, 2.24) is 15.1 Å². The maximum absolute atomic E-state index is 3.83. The Morgan fingerprint density at radius 3 is 2.33 bits per heavy atom. The summed E-state index contributed by atoms with van der Waals surface area (Å²) in [7, 11) is 0. The van der Waals surface area contributed by atoms with Gasteiger partial charge in [-0.3, -0.25) is 4.90 Å². The van der Waals surface area contributed by atoms with Gasteiger partial charge in [0.25, 0.3) is 0 Å². The minimum Gasteiger partial charge on any atom is -0.313 e. The molecule has 3 fully saturated rings. The van der Waals surface area contributed by atoms with Crippen LogP contribution in [0.4, 0.5) is 0 Å². The molecular weight excluding hydrogens is 258 g/mol. The van der Waals surface area contributed by atoms with Gasteiger partial charge in [-0.05, 0) is 44.4 Å². The molecular formula is C18H35N3. The highest BCUT2D eigenvalue weighted by Gasteiger charge is 2.37. The van der Waals surface area contributed by atoms with Crippen LogP contribution in [0.2, 0.25) is 0 Å². The fourth-order valence-electron chi connectivity index (χ4n) is 4.26. The van der Waals surface area contributed by atoms with Crippen molar-refractivity contribution in [2.24, 2.45) is 5.41 Å². The minimum atomic E-state index is 0.598. The first-order valence-corrected chi connectivity index (χ1v) is 9.40. The van der Waals surface area contributed by atoms with Crippen molar-refractivity contribution in [2.75, 3.05) is 39.3 Å². The Morgan fingerprint density at radius 1 is 1.10 bits per heavy atom. The molecule has 21 heavy (non-hydrogen) atoms. The largest absolute Gasteiger partial charge is 0.313 e. The second kappa shape index (κ2) is 6.97. The Balaban J connectivity index is 1.47. The standard InChI is InChI=1S/C18H35N3/c1-3-16(2)21-12-10-20(11-13-21)15-18(8-4-5-9-18)14-19-17-6-7-17/h16-17,19H,3-15H2,1-2H3. The van der Waals surface area contributed by atoms with E-state index in [2.05, 4.69) is 29.0 Å². The fourth-order valence-corrected chi connectivity index (χ4v) is 4.26. The van der Waals surface area contributed by atoms with E-state index in [4.69, 9.17) is 0 Å². The zero-order chi connectivity index (χ0) is 14.7. The Bertz CT molecular complexity index is 312. The molecule has 0 aromatic carbocycles. The average Bonchev–Trinajstić information content (AvgIpc) is 3.25. The molecule has 3 aliphatic rings. The molecule has 3 rings (SSSR count). The highest BCUT2D eigenvalue weighted by atomic mass is 15.3. The first kappa shape index (κ1) is 15.8. The molecule has 1 heterocycles. The molecule has 0 aromatic heterocycles. The van der Waals surface area contributed by atoms with Crippen molar-refractivity contribution in [3.8, 4) is 0 Å². The Labute approximate surface area is 131 Å². The number of rotatable bonds is 7. The first-order valence-electron chi connectivity index (χ1n) is 9.40. The molecule has 0 spiro atoms. The summed E-state index contributed by atoms with van der Waals surface area (Å²) in [6.45, 7) is 12.5. The molecule has 3 nitrogen and oxygen atoms in total. The Hall–Kier alpha value is -0.120. The summed E-state index contributed by atoms with van der Waals surface area (Å²) >= 11 is 0. The second-order valence-electron chi connectivity index (χ2n) is 7.93. The topological polar surface area (TPSA) is 18.5 Å². The van der Waals surface area contributed by atoms with Crippen LogP contribution in [0.15, 0.2) is 0 Å². The molecule has 1 N–H and O–H groups in total. The van der Waals surface area contributed by atoms with E-state index in [0.29, 0.717) is 5.41 Å². The van der Waals surface area contributed by atoms with Crippen molar-refractivity contribution in [2.45, 2.75) is 70.9 Å². The lowest BCUT2D eigenvalue weighted by Crippen LogP contribution is -2.53.